The number of rotatable bonds is 6. The van der Waals surface area contributed by atoms with Crippen LogP contribution in [0.2, 0.25) is 0 Å². The molecule has 9 nitrogen and oxygen atoms in total. The van der Waals surface area contributed by atoms with Crippen LogP contribution >= 0.6 is 11.8 Å². The Morgan fingerprint density at radius 3 is 2.58 bits per heavy atom. The lowest BCUT2D eigenvalue weighted by molar-refractivity contribution is -0.141. The number of anilines is 3. The number of aromatic amines is 1. The lowest BCUT2D eigenvalue weighted by Gasteiger charge is -2.09. The van der Waals surface area contributed by atoms with Crippen molar-refractivity contribution >= 4 is 40.5 Å². The Bertz CT molecular complexity index is 1530. The molecule has 13 heteroatoms. The molecule has 0 atom stereocenters. The van der Waals surface area contributed by atoms with Gasteiger partial charge in [0.1, 0.15) is 11.2 Å². The zero-order chi connectivity index (χ0) is 25.3. The molecule has 182 valence electrons. The fourth-order valence-corrected chi connectivity index (χ4v) is 4.01. The monoisotopic (exact) mass is 510 g/mol. The summed E-state index contributed by atoms with van der Waals surface area (Å²) in [5.41, 5.74) is 1.13. The van der Waals surface area contributed by atoms with Crippen LogP contribution in [0.1, 0.15) is 21.7 Å². The fraction of sp³-hybridized carbons (Fsp3) is 0.0870. The highest BCUT2D eigenvalue weighted by atomic mass is 32.2. The lowest BCUT2D eigenvalue weighted by Crippen LogP contribution is -2.14. The van der Waals surface area contributed by atoms with Crippen LogP contribution in [0.15, 0.2) is 77.0 Å². The van der Waals surface area contributed by atoms with E-state index in [-0.39, 0.29) is 5.56 Å². The van der Waals surface area contributed by atoms with Crippen molar-refractivity contribution in [1.29, 1.82) is 0 Å². The number of nitrogens with zero attached hydrogens (tertiary/aromatic N) is 5. The van der Waals surface area contributed by atoms with E-state index in [0.29, 0.717) is 22.5 Å². The van der Waals surface area contributed by atoms with Crippen molar-refractivity contribution in [3.8, 4) is 0 Å². The first-order valence-electron chi connectivity index (χ1n) is 10.5. The molecular formula is C23H17F3N8OS. The summed E-state index contributed by atoms with van der Waals surface area (Å²) in [5.74, 6) is 0.661. The van der Waals surface area contributed by atoms with Gasteiger partial charge in [0, 0.05) is 34.7 Å². The smallest absolute Gasteiger partial charge is 0.322 e. The third-order valence-electron chi connectivity index (χ3n) is 4.96. The Morgan fingerprint density at radius 1 is 1.11 bits per heavy atom. The Kier molecular flexibility index (Phi) is 6.06. The van der Waals surface area contributed by atoms with Gasteiger partial charge in [0.15, 0.2) is 11.6 Å². The van der Waals surface area contributed by atoms with E-state index in [9.17, 15) is 18.0 Å². The van der Waals surface area contributed by atoms with E-state index in [1.807, 2.05) is 31.3 Å². The van der Waals surface area contributed by atoms with E-state index in [0.717, 1.165) is 34.4 Å². The first-order valence-corrected chi connectivity index (χ1v) is 11.3. The van der Waals surface area contributed by atoms with Gasteiger partial charge in [-0.2, -0.15) is 18.3 Å². The van der Waals surface area contributed by atoms with Crippen LogP contribution in [0.25, 0.3) is 5.52 Å². The highest BCUT2D eigenvalue weighted by molar-refractivity contribution is 7.99. The Hall–Kier alpha value is -4.39. The van der Waals surface area contributed by atoms with Crippen molar-refractivity contribution in [3.05, 3.63) is 83.9 Å². The minimum absolute atomic E-state index is 0.0158. The normalized spacial score (nSPS) is 11.6. The van der Waals surface area contributed by atoms with E-state index < -0.39 is 17.8 Å². The average molecular weight is 511 g/mol. The molecule has 0 aliphatic heterocycles. The average Bonchev–Trinajstić information content (AvgIpc) is 3.48. The maximum atomic E-state index is 12.7. The van der Waals surface area contributed by atoms with Gasteiger partial charge in [0.05, 0.1) is 5.56 Å². The number of H-pyrrole nitrogens is 1. The van der Waals surface area contributed by atoms with Gasteiger partial charge in [-0.3, -0.25) is 14.9 Å². The summed E-state index contributed by atoms with van der Waals surface area (Å²) in [6.07, 6.45) is -1.85. The number of nitrogens with one attached hydrogen (secondary N) is 3. The maximum Gasteiger partial charge on any atom is 0.433 e. The molecule has 1 aromatic carbocycles. The van der Waals surface area contributed by atoms with Crippen molar-refractivity contribution in [2.45, 2.75) is 23.2 Å². The number of fused-ring (bicyclic) bond motifs is 1. The summed E-state index contributed by atoms with van der Waals surface area (Å²) in [6.45, 7) is 1.90. The van der Waals surface area contributed by atoms with Gasteiger partial charge in [-0.15, -0.1) is 5.10 Å². The Morgan fingerprint density at radius 2 is 1.92 bits per heavy atom. The van der Waals surface area contributed by atoms with E-state index in [2.05, 4.69) is 35.9 Å². The highest BCUT2D eigenvalue weighted by Gasteiger charge is 2.32. The minimum Gasteiger partial charge on any atom is -0.322 e. The topological polar surface area (TPSA) is 113 Å². The number of halogens is 3. The Labute approximate surface area is 206 Å². The zero-order valence-corrected chi connectivity index (χ0v) is 19.4. The molecule has 0 bridgehead atoms. The third kappa shape index (κ3) is 5.15. The second-order valence-electron chi connectivity index (χ2n) is 7.65. The quantitative estimate of drug-likeness (QED) is 0.283. The van der Waals surface area contributed by atoms with E-state index in [1.165, 1.54) is 11.8 Å². The highest BCUT2D eigenvalue weighted by Crippen LogP contribution is 2.29. The van der Waals surface area contributed by atoms with Gasteiger partial charge in [-0.25, -0.2) is 9.50 Å². The number of aryl methyl sites for hydroxylation is 1. The van der Waals surface area contributed by atoms with Crippen molar-refractivity contribution in [1.82, 2.24) is 29.8 Å². The number of benzene rings is 1. The van der Waals surface area contributed by atoms with E-state index in [4.69, 9.17) is 0 Å². The fourth-order valence-electron chi connectivity index (χ4n) is 3.26. The molecule has 0 spiro atoms. The molecule has 3 N–H and O–H groups in total. The molecule has 5 aromatic rings. The Balaban J connectivity index is 1.28. The van der Waals surface area contributed by atoms with Crippen molar-refractivity contribution in [2.75, 3.05) is 10.6 Å². The van der Waals surface area contributed by atoms with Gasteiger partial charge in [0.2, 0.25) is 5.16 Å². The molecule has 36 heavy (non-hydrogen) atoms. The van der Waals surface area contributed by atoms with Crippen LogP contribution in [0.3, 0.4) is 0 Å². The molecule has 0 aliphatic rings. The molecule has 0 fully saturated rings. The SMILES string of the molecule is Cc1cc(Nc2nc(Sc3ccc(NC(=O)c4ccc(C(F)(F)F)nc4)cc3)nn3cccc23)n[nH]1. The largest absolute Gasteiger partial charge is 0.433 e. The number of amides is 1. The van der Waals surface area contributed by atoms with Gasteiger partial charge < -0.3 is 10.6 Å². The molecule has 4 heterocycles. The predicted molar refractivity (Wildman–Crippen MR) is 127 cm³/mol. The van der Waals surface area contributed by atoms with Gasteiger partial charge >= 0.3 is 6.18 Å². The van der Waals surface area contributed by atoms with E-state index in [1.54, 1.807) is 28.8 Å². The van der Waals surface area contributed by atoms with Gasteiger partial charge in [0.25, 0.3) is 5.91 Å². The number of alkyl halides is 3. The van der Waals surface area contributed by atoms with Gasteiger partial charge in [-0.1, -0.05) is 0 Å². The first-order chi connectivity index (χ1) is 17.2. The third-order valence-corrected chi connectivity index (χ3v) is 5.82. The second-order valence-corrected chi connectivity index (χ2v) is 8.69. The predicted octanol–water partition coefficient (Wildman–Crippen LogP) is 5.32. The molecule has 0 radical (unpaired) electrons. The number of aromatic nitrogens is 6. The number of pyridine rings is 1. The molecule has 0 unspecified atom stereocenters. The molecule has 4 aromatic heterocycles. The summed E-state index contributed by atoms with van der Waals surface area (Å²) in [6, 6.07) is 14.4. The van der Waals surface area contributed by atoms with Crippen molar-refractivity contribution < 1.29 is 18.0 Å². The van der Waals surface area contributed by atoms with Crippen molar-refractivity contribution in [3.63, 3.8) is 0 Å². The van der Waals surface area contributed by atoms with Crippen LogP contribution in [0, 0.1) is 6.92 Å². The molecule has 5 rings (SSSR count). The summed E-state index contributed by atoms with van der Waals surface area (Å²) < 4.78 is 39.7. The number of hydrogen-bond acceptors (Lipinski definition) is 7. The number of hydrogen-bond donors (Lipinski definition) is 3. The van der Waals surface area contributed by atoms with Crippen LogP contribution < -0.4 is 10.6 Å². The molecule has 0 saturated heterocycles. The molecule has 0 saturated carbocycles. The zero-order valence-electron chi connectivity index (χ0n) is 18.5. The van der Waals surface area contributed by atoms with Crippen LogP contribution in [-0.4, -0.2) is 35.7 Å². The van der Waals surface area contributed by atoms with Crippen LogP contribution in [-0.2, 0) is 6.18 Å². The molecule has 0 aliphatic carbocycles. The minimum atomic E-state index is -4.56. The summed E-state index contributed by atoms with van der Waals surface area (Å²) >= 11 is 1.32. The maximum absolute atomic E-state index is 12.7. The lowest BCUT2D eigenvalue weighted by atomic mass is 10.2. The molecule has 1 amide bonds. The molecular weight excluding hydrogens is 493 g/mol. The summed E-state index contributed by atoms with van der Waals surface area (Å²) in [4.78, 5) is 21.1. The standard InChI is InChI=1S/C23H17F3N8OS/c1-13-11-19(32-31-13)29-20-17-3-2-10-34(17)33-22(30-20)36-16-7-5-15(6-8-16)28-21(35)14-4-9-18(27-12-14)23(24,25)26/h2-12H,1H3,(H,28,35)(H2,29,30,31,32,33). The van der Waals surface area contributed by atoms with Crippen molar-refractivity contribution in [2.24, 2.45) is 0 Å². The first kappa shape index (κ1) is 23.4. The summed E-state index contributed by atoms with van der Waals surface area (Å²) in [5, 5.41) is 17.9. The number of carbonyl (C=O) groups is 1. The van der Waals surface area contributed by atoms with Crippen LogP contribution in [0.5, 0.6) is 0 Å². The van der Waals surface area contributed by atoms with Crippen LogP contribution in [0.4, 0.5) is 30.5 Å². The summed E-state index contributed by atoms with van der Waals surface area (Å²) in [7, 11) is 0. The number of carbonyl (C=O) groups excluding carboxylic acids is 1. The second kappa shape index (κ2) is 9.34. The van der Waals surface area contributed by atoms with Gasteiger partial charge in [-0.05, 0) is 67.2 Å². The van der Waals surface area contributed by atoms with E-state index >= 15 is 0 Å².